The van der Waals surface area contributed by atoms with E-state index in [1.165, 1.54) is 25.1 Å². The highest BCUT2D eigenvalue weighted by atomic mass is 35.5. The summed E-state index contributed by atoms with van der Waals surface area (Å²) in [4.78, 5) is 2.45. The Bertz CT molecular complexity index is 749. The van der Waals surface area contributed by atoms with E-state index in [4.69, 9.17) is 27.9 Å². The number of fused-ring (bicyclic) bond motifs is 1. The maximum atomic E-state index is 6.15. The summed E-state index contributed by atoms with van der Waals surface area (Å²) in [5, 5.41) is 10.0. The topological polar surface area (TPSA) is 43.2 Å². The van der Waals surface area contributed by atoms with Crippen molar-refractivity contribution in [2.45, 2.75) is 38.1 Å². The van der Waals surface area contributed by atoms with Crippen molar-refractivity contribution in [1.29, 1.82) is 0 Å². The Hall–Kier alpha value is -1.30. The average Bonchev–Trinajstić information content (AvgIpc) is 3.20. The van der Waals surface area contributed by atoms with Gasteiger partial charge in [-0.1, -0.05) is 23.2 Å². The van der Waals surface area contributed by atoms with Crippen LogP contribution in [0.15, 0.2) is 18.2 Å². The Morgan fingerprint density at radius 1 is 1.16 bits per heavy atom. The summed E-state index contributed by atoms with van der Waals surface area (Å²) in [5.41, 5.74) is 0. The second kappa shape index (κ2) is 7.52. The van der Waals surface area contributed by atoms with Crippen molar-refractivity contribution in [2.24, 2.45) is 0 Å². The van der Waals surface area contributed by atoms with Gasteiger partial charge in [0.25, 0.3) is 0 Å². The SMILES string of the molecule is Clc1ccc(OCCN2CCCC(c3nnc4n3CCC4)C2)c(Cl)c1. The van der Waals surface area contributed by atoms with Gasteiger partial charge < -0.3 is 9.30 Å². The minimum Gasteiger partial charge on any atom is -0.491 e. The second-order valence-corrected chi connectivity index (χ2v) is 7.64. The molecule has 2 aliphatic heterocycles. The lowest BCUT2D eigenvalue weighted by Crippen LogP contribution is -2.37. The van der Waals surface area contributed by atoms with E-state index in [9.17, 15) is 0 Å². The summed E-state index contributed by atoms with van der Waals surface area (Å²) in [6.45, 7) is 4.71. The van der Waals surface area contributed by atoms with Crippen molar-refractivity contribution >= 4 is 23.2 Å². The van der Waals surface area contributed by atoms with Gasteiger partial charge in [0, 0.05) is 37.0 Å². The Balaban J connectivity index is 1.32. The molecule has 3 heterocycles. The van der Waals surface area contributed by atoms with Crippen LogP contribution in [0.2, 0.25) is 10.0 Å². The third-order valence-corrected chi connectivity index (χ3v) is 5.60. The average molecular weight is 381 g/mol. The standard InChI is InChI=1S/C18H22Cl2N4O/c19-14-5-6-16(15(20)11-14)25-10-9-23-7-1-3-13(12-23)18-22-21-17-4-2-8-24(17)18/h5-6,11,13H,1-4,7-10,12H2. The fourth-order valence-electron chi connectivity index (χ4n) is 3.82. The summed E-state index contributed by atoms with van der Waals surface area (Å²) in [6.07, 6.45) is 4.65. The van der Waals surface area contributed by atoms with Crippen LogP contribution in [-0.4, -0.2) is 45.9 Å². The zero-order valence-corrected chi connectivity index (χ0v) is 15.6. The summed E-state index contributed by atoms with van der Waals surface area (Å²) < 4.78 is 8.16. The van der Waals surface area contributed by atoms with Crippen LogP contribution in [0.4, 0.5) is 0 Å². The van der Waals surface area contributed by atoms with Crippen LogP contribution >= 0.6 is 23.2 Å². The van der Waals surface area contributed by atoms with Gasteiger partial charge in [-0.2, -0.15) is 0 Å². The van der Waals surface area contributed by atoms with Gasteiger partial charge in [-0.15, -0.1) is 10.2 Å². The fraction of sp³-hybridized carbons (Fsp3) is 0.556. The van der Waals surface area contributed by atoms with Crippen molar-refractivity contribution in [3.63, 3.8) is 0 Å². The van der Waals surface area contributed by atoms with Crippen molar-refractivity contribution in [1.82, 2.24) is 19.7 Å². The van der Waals surface area contributed by atoms with Crippen LogP contribution in [0.1, 0.15) is 36.8 Å². The summed E-state index contributed by atoms with van der Waals surface area (Å²) in [5.74, 6) is 3.51. The molecule has 2 aromatic rings. The zero-order valence-electron chi connectivity index (χ0n) is 14.1. The molecule has 0 aliphatic carbocycles. The predicted molar refractivity (Wildman–Crippen MR) is 98.7 cm³/mol. The van der Waals surface area contributed by atoms with Crippen LogP contribution in [0.25, 0.3) is 0 Å². The molecule has 1 saturated heterocycles. The van der Waals surface area contributed by atoms with Gasteiger partial charge in [-0.3, -0.25) is 4.90 Å². The molecule has 7 heteroatoms. The van der Waals surface area contributed by atoms with E-state index >= 15 is 0 Å². The van der Waals surface area contributed by atoms with Gasteiger partial charge in [0.1, 0.15) is 24.0 Å². The smallest absolute Gasteiger partial charge is 0.138 e. The summed E-state index contributed by atoms with van der Waals surface area (Å²) in [7, 11) is 0. The number of piperidine rings is 1. The van der Waals surface area contributed by atoms with Gasteiger partial charge >= 0.3 is 0 Å². The third-order valence-electron chi connectivity index (χ3n) is 5.07. The maximum absolute atomic E-state index is 6.15. The number of halogens is 2. The first kappa shape index (κ1) is 17.1. The Kier molecular flexibility index (Phi) is 5.15. The van der Waals surface area contributed by atoms with E-state index in [2.05, 4.69) is 19.7 Å². The number of rotatable bonds is 5. The van der Waals surface area contributed by atoms with E-state index in [1.54, 1.807) is 12.1 Å². The van der Waals surface area contributed by atoms with Crippen molar-refractivity contribution in [3.05, 3.63) is 39.9 Å². The molecule has 5 nitrogen and oxygen atoms in total. The van der Waals surface area contributed by atoms with Gasteiger partial charge in [0.2, 0.25) is 0 Å². The Morgan fingerprint density at radius 2 is 2.08 bits per heavy atom. The lowest BCUT2D eigenvalue weighted by Gasteiger charge is -2.32. The molecule has 1 aromatic carbocycles. The highest BCUT2D eigenvalue weighted by Gasteiger charge is 2.28. The van der Waals surface area contributed by atoms with Crippen LogP contribution in [0, 0.1) is 0 Å². The lowest BCUT2D eigenvalue weighted by atomic mass is 9.97. The molecular weight excluding hydrogens is 359 g/mol. The number of likely N-dealkylation sites (tertiary alicyclic amines) is 1. The van der Waals surface area contributed by atoms with Crippen LogP contribution in [0.3, 0.4) is 0 Å². The lowest BCUT2D eigenvalue weighted by molar-refractivity contribution is 0.166. The number of nitrogens with zero attached hydrogens (tertiary/aromatic N) is 4. The van der Waals surface area contributed by atoms with Crippen LogP contribution in [0.5, 0.6) is 5.75 Å². The van der Waals surface area contributed by atoms with Crippen molar-refractivity contribution in [2.75, 3.05) is 26.2 Å². The number of ether oxygens (including phenoxy) is 1. The molecular formula is C18H22Cl2N4O. The monoisotopic (exact) mass is 380 g/mol. The van der Waals surface area contributed by atoms with Gasteiger partial charge in [0.15, 0.2) is 0 Å². The predicted octanol–water partition coefficient (Wildman–Crippen LogP) is 3.79. The van der Waals surface area contributed by atoms with Crippen molar-refractivity contribution < 1.29 is 4.74 Å². The molecule has 25 heavy (non-hydrogen) atoms. The van der Waals surface area contributed by atoms with E-state index in [0.717, 1.165) is 38.4 Å². The van der Waals surface area contributed by atoms with E-state index in [-0.39, 0.29) is 0 Å². The number of hydrogen-bond acceptors (Lipinski definition) is 4. The third kappa shape index (κ3) is 3.78. The first-order chi connectivity index (χ1) is 12.2. The number of aryl methyl sites for hydroxylation is 1. The van der Waals surface area contributed by atoms with Gasteiger partial charge in [-0.05, 0) is 44.0 Å². The summed E-state index contributed by atoms with van der Waals surface area (Å²) in [6, 6.07) is 5.33. The molecule has 2 aliphatic rings. The quantitative estimate of drug-likeness (QED) is 0.791. The Labute approximate surface area is 157 Å². The number of benzene rings is 1. The number of aromatic nitrogens is 3. The van der Waals surface area contributed by atoms with Crippen LogP contribution in [-0.2, 0) is 13.0 Å². The van der Waals surface area contributed by atoms with E-state index < -0.39 is 0 Å². The highest BCUT2D eigenvalue weighted by Crippen LogP contribution is 2.29. The molecule has 0 spiro atoms. The first-order valence-corrected chi connectivity index (χ1v) is 9.68. The molecule has 1 atom stereocenters. The molecule has 1 unspecified atom stereocenters. The highest BCUT2D eigenvalue weighted by molar-refractivity contribution is 6.35. The maximum Gasteiger partial charge on any atom is 0.138 e. The van der Waals surface area contributed by atoms with E-state index in [1.807, 2.05) is 6.07 Å². The molecule has 1 aromatic heterocycles. The first-order valence-electron chi connectivity index (χ1n) is 8.93. The van der Waals surface area contributed by atoms with Gasteiger partial charge in [-0.25, -0.2) is 0 Å². The van der Waals surface area contributed by atoms with E-state index in [0.29, 0.717) is 28.3 Å². The molecule has 0 radical (unpaired) electrons. The minimum atomic E-state index is 0.479. The Morgan fingerprint density at radius 3 is 2.96 bits per heavy atom. The summed E-state index contributed by atoms with van der Waals surface area (Å²) >= 11 is 12.1. The molecule has 4 rings (SSSR count). The second-order valence-electron chi connectivity index (χ2n) is 6.79. The van der Waals surface area contributed by atoms with Crippen LogP contribution < -0.4 is 4.74 Å². The molecule has 134 valence electrons. The number of hydrogen-bond donors (Lipinski definition) is 0. The normalized spacial score (nSPS) is 20.6. The largest absolute Gasteiger partial charge is 0.491 e. The minimum absolute atomic E-state index is 0.479. The molecule has 0 amide bonds. The zero-order chi connectivity index (χ0) is 17.2. The molecule has 0 saturated carbocycles. The van der Waals surface area contributed by atoms with Crippen molar-refractivity contribution in [3.8, 4) is 5.75 Å². The molecule has 0 bridgehead atoms. The molecule has 1 fully saturated rings. The van der Waals surface area contributed by atoms with Gasteiger partial charge in [0.05, 0.1) is 5.02 Å². The molecule has 0 N–H and O–H groups in total. The fourth-order valence-corrected chi connectivity index (χ4v) is 4.28.